The van der Waals surface area contributed by atoms with Gasteiger partial charge < -0.3 is 20.9 Å². The largest absolute Gasteiger partial charge is 0.351 e. The number of likely N-dealkylation sites (N-methyl/N-ethyl adjacent to an activating group) is 1. The van der Waals surface area contributed by atoms with Crippen LogP contribution >= 0.6 is 0 Å². The molecule has 0 spiro atoms. The fourth-order valence-electron chi connectivity index (χ4n) is 5.28. The Kier molecular flexibility index (Phi) is 8.71. The molecule has 2 aliphatic rings. The topological polar surface area (TPSA) is 108 Å². The number of amides is 3. The van der Waals surface area contributed by atoms with E-state index in [2.05, 4.69) is 22.5 Å². The zero-order valence-corrected chi connectivity index (χ0v) is 22.1. The molecule has 1 saturated carbocycles. The number of carbonyl (C=O) groups is 4. The zero-order chi connectivity index (χ0) is 26.6. The number of benzene rings is 1. The normalized spacial score (nSPS) is 22.9. The number of allylic oxidation sites excluding steroid dienone is 1. The zero-order valence-electron chi connectivity index (χ0n) is 22.1. The maximum atomic E-state index is 13.8. The number of rotatable bonds is 9. The Morgan fingerprint density at radius 1 is 1.11 bits per heavy atom. The highest BCUT2D eigenvalue weighted by atomic mass is 16.2. The molecule has 0 radical (unpaired) electrons. The summed E-state index contributed by atoms with van der Waals surface area (Å²) in [7, 11) is 1.71. The number of hydrogen-bond donors (Lipinski definition) is 3. The molecule has 196 valence electrons. The van der Waals surface area contributed by atoms with Crippen LogP contribution in [0.3, 0.4) is 0 Å². The van der Waals surface area contributed by atoms with Crippen LogP contribution in [0.15, 0.2) is 36.9 Å². The second kappa shape index (κ2) is 11.4. The molecule has 0 unspecified atom stereocenters. The Morgan fingerprint density at radius 2 is 1.78 bits per heavy atom. The highest BCUT2D eigenvalue weighted by Gasteiger charge is 2.49. The standard InChI is InChI=1S/C28H40N4O4/c1-7-22(33)19-10-8-18(9-11-19)16-23(34)30-21-13-12-20-14-15-32(24(20)21)27(36)25(28(3,4)5)31-26(35)17(2)29-6/h7-11,17,20-21,24-25,29H,1,12-16H2,2-6H3,(H,30,34)(H,31,35)/t17-,20+,21-,24-,25+/m0/s1. The van der Waals surface area contributed by atoms with Crippen molar-refractivity contribution in [1.29, 1.82) is 0 Å². The second-order valence-electron chi connectivity index (χ2n) is 11.1. The van der Waals surface area contributed by atoms with Crippen molar-refractivity contribution in [3.63, 3.8) is 0 Å². The summed E-state index contributed by atoms with van der Waals surface area (Å²) in [5, 5.41) is 9.05. The van der Waals surface area contributed by atoms with Gasteiger partial charge in [0.2, 0.25) is 17.7 Å². The van der Waals surface area contributed by atoms with E-state index in [1.807, 2.05) is 25.7 Å². The molecule has 8 heteroatoms. The van der Waals surface area contributed by atoms with Gasteiger partial charge in [0.15, 0.2) is 5.78 Å². The van der Waals surface area contributed by atoms with Crippen LogP contribution in [0.1, 0.15) is 62.9 Å². The number of carbonyl (C=O) groups excluding carboxylic acids is 4. The van der Waals surface area contributed by atoms with Crippen LogP contribution in [0, 0.1) is 11.3 Å². The first kappa shape index (κ1) is 27.6. The number of hydrogen-bond acceptors (Lipinski definition) is 5. The lowest BCUT2D eigenvalue weighted by molar-refractivity contribution is -0.141. The van der Waals surface area contributed by atoms with Gasteiger partial charge in [-0.05, 0) is 56.2 Å². The molecule has 5 atom stereocenters. The summed E-state index contributed by atoms with van der Waals surface area (Å²) >= 11 is 0. The summed E-state index contributed by atoms with van der Waals surface area (Å²) in [6.07, 6.45) is 4.15. The van der Waals surface area contributed by atoms with Crippen LogP contribution in [0.4, 0.5) is 0 Å². The maximum absolute atomic E-state index is 13.8. The van der Waals surface area contributed by atoms with Gasteiger partial charge in [-0.1, -0.05) is 51.6 Å². The van der Waals surface area contributed by atoms with E-state index in [-0.39, 0.29) is 42.0 Å². The quantitative estimate of drug-likeness (QED) is 0.359. The van der Waals surface area contributed by atoms with E-state index in [0.717, 1.165) is 24.8 Å². The molecule has 1 aliphatic heterocycles. The van der Waals surface area contributed by atoms with Crippen molar-refractivity contribution >= 4 is 23.5 Å². The Hall–Kier alpha value is -3.00. The predicted molar refractivity (Wildman–Crippen MR) is 139 cm³/mol. The Balaban J connectivity index is 1.69. The fraction of sp³-hybridized carbons (Fsp3) is 0.571. The number of fused-ring (bicyclic) bond motifs is 1. The van der Waals surface area contributed by atoms with Crippen LogP contribution in [0.25, 0.3) is 0 Å². The fourth-order valence-corrected chi connectivity index (χ4v) is 5.28. The maximum Gasteiger partial charge on any atom is 0.246 e. The van der Waals surface area contributed by atoms with E-state index in [4.69, 9.17) is 0 Å². The van der Waals surface area contributed by atoms with Crippen LogP contribution in [-0.2, 0) is 20.8 Å². The Bertz CT molecular complexity index is 998. The molecule has 3 rings (SSSR count). The number of nitrogens with zero attached hydrogens (tertiary/aromatic N) is 1. The third-order valence-electron chi connectivity index (χ3n) is 7.49. The van der Waals surface area contributed by atoms with E-state index in [1.165, 1.54) is 6.08 Å². The van der Waals surface area contributed by atoms with Gasteiger partial charge in [-0.25, -0.2) is 0 Å². The minimum atomic E-state index is -0.659. The molecule has 1 aromatic rings. The Morgan fingerprint density at radius 3 is 2.36 bits per heavy atom. The summed E-state index contributed by atoms with van der Waals surface area (Å²) < 4.78 is 0. The minimum absolute atomic E-state index is 0.0717. The van der Waals surface area contributed by atoms with Gasteiger partial charge >= 0.3 is 0 Å². The number of ketones is 1. The van der Waals surface area contributed by atoms with Gasteiger partial charge in [-0.3, -0.25) is 19.2 Å². The molecule has 1 heterocycles. The molecule has 3 amide bonds. The van der Waals surface area contributed by atoms with Crippen LogP contribution in [-0.4, -0.2) is 66.2 Å². The molecule has 2 fully saturated rings. The molecule has 36 heavy (non-hydrogen) atoms. The van der Waals surface area contributed by atoms with Crippen LogP contribution in [0.2, 0.25) is 0 Å². The Labute approximate surface area is 214 Å². The van der Waals surface area contributed by atoms with E-state index in [9.17, 15) is 19.2 Å². The average molecular weight is 497 g/mol. The minimum Gasteiger partial charge on any atom is -0.351 e. The SMILES string of the molecule is C=CC(=O)c1ccc(CC(=O)N[C@H]2CC[C@@H]3CCN(C(=O)[C@@H](NC(=O)[C@H](C)NC)C(C)(C)C)[C@@H]32)cc1. The van der Waals surface area contributed by atoms with Crippen molar-refractivity contribution in [2.24, 2.45) is 11.3 Å². The summed E-state index contributed by atoms with van der Waals surface area (Å²) in [4.78, 5) is 52.9. The first-order valence-corrected chi connectivity index (χ1v) is 12.8. The van der Waals surface area contributed by atoms with E-state index in [1.54, 1.807) is 38.2 Å². The second-order valence-corrected chi connectivity index (χ2v) is 11.1. The van der Waals surface area contributed by atoms with E-state index >= 15 is 0 Å². The molecular weight excluding hydrogens is 456 g/mol. The van der Waals surface area contributed by atoms with Crippen molar-refractivity contribution in [3.8, 4) is 0 Å². The first-order chi connectivity index (χ1) is 17.0. The first-order valence-electron chi connectivity index (χ1n) is 12.8. The van der Waals surface area contributed by atoms with Crippen LogP contribution in [0.5, 0.6) is 0 Å². The van der Waals surface area contributed by atoms with Gasteiger partial charge in [0.05, 0.1) is 18.5 Å². The number of nitrogens with one attached hydrogen (secondary N) is 3. The third kappa shape index (κ3) is 6.22. The van der Waals surface area contributed by atoms with E-state index in [0.29, 0.717) is 18.0 Å². The summed E-state index contributed by atoms with van der Waals surface area (Å²) in [5.41, 5.74) is 0.892. The van der Waals surface area contributed by atoms with Crippen molar-refractivity contribution < 1.29 is 19.2 Å². The molecule has 1 saturated heterocycles. The molecule has 3 N–H and O–H groups in total. The van der Waals surface area contributed by atoms with Gasteiger partial charge in [0.1, 0.15) is 6.04 Å². The monoisotopic (exact) mass is 496 g/mol. The molecular formula is C28H40N4O4. The third-order valence-corrected chi connectivity index (χ3v) is 7.49. The summed E-state index contributed by atoms with van der Waals surface area (Å²) in [6, 6.07) is 5.70. The summed E-state index contributed by atoms with van der Waals surface area (Å²) in [6.45, 7) is 11.7. The van der Waals surface area contributed by atoms with Crippen molar-refractivity contribution in [2.75, 3.05) is 13.6 Å². The predicted octanol–water partition coefficient (Wildman–Crippen LogP) is 2.23. The lowest BCUT2D eigenvalue weighted by Crippen LogP contribution is -2.60. The van der Waals surface area contributed by atoms with Crippen molar-refractivity contribution in [1.82, 2.24) is 20.9 Å². The molecule has 1 aliphatic carbocycles. The smallest absolute Gasteiger partial charge is 0.246 e. The van der Waals surface area contributed by atoms with Crippen molar-refractivity contribution in [2.45, 2.75) is 77.5 Å². The lowest BCUT2D eigenvalue weighted by atomic mass is 9.85. The molecule has 0 aromatic heterocycles. The lowest BCUT2D eigenvalue weighted by Gasteiger charge is -2.38. The van der Waals surface area contributed by atoms with Crippen molar-refractivity contribution in [3.05, 3.63) is 48.0 Å². The van der Waals surface area contributed by atoms with Crippen LogP contribution < -0.4 is 16.0 Å². The highest BCUT2D eigenvalue weighted by molar-refractivity contribution is 6.04. The van der Waals surface area contributed by atoms with Gasteiger partial charge in [-0.15, -0.1) is 0 Å². The highest BCUT2D eigenvalue weighted by Crippen LogP contribution is 2.39. The van der Waals surface area contributed by atoms with Gasteiger partial charge in [0, 0.05) is 18.2 Å². The molecule has 0 bridgehead atoms. The molecule has 8 nitrogen and oxygen atoms in total. The summed E-state index contributed by atoms with van der Waals surface area (Å²) in [5.74, 6) is -0.213. The van der Waals surface area contributed by atoms with Gasteiger partial charge in [0.25, 0.3) is 0 Å². The average Bonchev–Trinajstić information content (AvgIpc) is 3.43. The van der Waals surface area contributed by atoms with E-state index < -0.39 is 17.5 Å². The number of likely N-dealkylation sites (tertiary alicyclic amines) is 1. The molecule has 1 aromatic carbocycles. The van der Waals surface area contributed by atoms with Gasteiger partial charge in [-0.2, -0.15) is 0 Å².